The number of hydrogen-bond donors (Lipinski definition) is 3. The van der Waals surface area contributed by atoms with Gasteiger partial charge in [0.2, 0.25) is 5.91 Å². The van der Waals surface area contributed by atoms with E-state index >= 15 is 0 Å². The van der Waals surface area contributed by atoms with E-state index in [0.29, 0.717) is 16.9 Å². The maximum Gasteiger partial charge on any atom is 0.329 e. The molecule has 3 amide bonds. The van der Waals surface area contributed by atoms with Gasteiger partial charge < -0.3 is 20.7 Å². The van der Waals surface area contributed by atoms with Crippen molar-refractivity contribution in [1.82, 2.24) is 5.32 Å². The van der Waals surface area contributed by atoms with Crippen LogP contribution in [0.15, 0.2) is 54.6 Å². The van der Waals surface area contributed by atoms with E-state index in [1.54, 1.807) is 68.4 Å². The van der Waals surface area contributed by atoms with Crippen LogP contribution in [0.4, 0.5) is 11.4 Å². The van der Waals surface area contributed by atoms with Gasteiger partial charge in [0, 0.05) is 23.9 Å². The number of hydrogen-bond acceptors (Lipinski definition) is 5. The van der Waals surface area contributed by atoms with Crippen LogP contribution in [0, 0.1) is 5.92 Å². The lowest BCUT2D eigenvalue weighted by Gasteiger charge is -2.20. The fourth-order valence-electron chi connectivity index (χ4n) is 2.58. The summed E-state index contributed by atoms with van der Waals surface area (Å²) in [6.07, 6.45) is 0. The van der Waals surface area contributed by atoms with Crippen LogP contribution in [-0.2, 0) is 19.1 Å². The van der Waals surface area contributed by atoms with Crippen molar-refractivity contribution in [1.29, 1.82) is 0 Å². The summed E-state index contributed by atoms with van der Waals surface area (Å²) in [7, 11) is 0. The number of carbonyl (C=O) groups is 4. The van der Waals surface area contributed by atoms with Gasteiger partial charge in [0.05, 0.1) is 0 Å². The molecule has 8 heteroatoms. The number of amides is 3. The standard InChI is InChI=1S/C22H25N3O5/c1-14(2)20(25-21(28)16-7-5-4-6-8-16)22(29)30-13-19(27)24-18-11-9-17(10-12-18)23-15(3)26/h4-12,14,20H,13H2,1-3H3,(H,23,26)(H,24,27)(H,25,28)/t20-/m1/s1. The highest BCUT2D eigenvalue weighted by Crippen LogP contribution is 2.13. The summed E-state index contributed by atoms with van der Waals surface area (Å²) in [5.41, 5.74) is 1.51. The fraction of sp³-hybridized carbons (Fsp3) is 0.273. The van der Waals surface area contributed by atoms with Crippen molar-refractivity contribution in [2.75, 3.05) is 17.2 Å². The van der Waals surface area contributed by atoms with Crippen molar-refractivity contribution in [2.45, 2.75) is 26.8 Å². The molecule has 0 aromatic heterocycles. The third-order valence-corrected chi connectivity index (χ3v) is 4.08. The van der Waals surface area contributed by atoms with E-state index in [0.717, 1.165) is 0 Å². The van der Waals surface area contributed by atoms with Crippen molar-refractivity contribution in [3.05, 3.63) is 60.2 Å². The number of esters is 1. The molecule has 8 nitrogen and oxygen atoms in total. The van der Waals surface area contributed by atoms with Gasteiger partial charge in [-0.1, -0.05) is 32.0 Å². The molecule has 0 aliphatic heterocycles. The highest BCUT2D eigenvalue weighted by atomic mass is 16.5. The molecule has 0 unspecified atom stereocenters. The summed E-state index contributed by atoms with van der Waals surface area (Å²) in [6.45, 7) is 4.45. The average Bonchev–Trinajstić information content (AvgIpc) is 2.71. The van der Waals surface area contributed by atoms with E-state index in [4.69, 9.17) is 4.74 Å². The molecule has 2 rings (SSSR count). The van der Waals surface area contributed by atoms with Gasteiger partial charge in [-0.25, -0.2) is 4.79 Å². The number of carbonyl (C=O) groups excluding carboxylic acids is 4. The summed E-state index contributed by atoms with van der Waals surface area (Å²) in [4.78, 5) is 47.8. The van der Waals surface area contributed by atoms with Crippen molar-refractivity contribution in [3.8, 4) is 0 Å². The molecule has 0 spiro atoms. The molecule has 0 saturated heterocycles. The molecule has 0 aliphatic carbocycles. The minimum atomic E-state index is -0.887. The molecule has 0 bridgehead atoms. The predicted octanol–water partition coefficient (Wildman–Crippen LogP) is 2.58. The molecule has 0 heterocycles. The molecule has 30 heavy (non-hydrogen) atoms. The van der Waals surface area contributed by atoms with Crippen LogP contribution in [0.2, 0.25) is 0 Å². The van der Waals surface area contributed by atoms with Gasteiger partial charge in [-0.15, -0.1) is 0 Å². The van der Waals surface area contributed by atoms with Gasteiger partial charge >= 0.3 is 5.97 Å². The monoisotopic (exact) mass is 411 g/mol. The van der Waals surface area contributed by atoms with Gasteiger partial charge in [-0.05, 0) is 42.3 Å². The van der Waals surface area contributed by atoms with Crippen LogP contribution in [-0.4, -0.2) is 36.3 Å². The molecular formula is C22H25N3O5. The molecule has 3 N–H and O–H groups in total. The number of anilines is 2. The van der Waals surface area contributed by atoms with Crippen LogP contribution in [0.5, 0.6) is 0 Å². The summed E-state index contributed by atoms with van der Waals surface area (Å²) in [5.74, 6) is -2.03. The van der Waals surface area contributed by atoms with E-state index in [2.05, 4.69) is 16.0 Å². The van der Waals surface area contributed by atoms with E-state index in [1.807, 2.05) is 0 Å². The highest BCUT2D eigenvalue weighted by Gasteiger charge is 2.26. The van der Waals surface area contributed by atoms with Gasteiger partial charge in [-0.2, -0.15) is 0 Å². The normalized spacial score (nSPS) is 11.3. The molecule has 158 valence electrons. The second-order valence-corrected chi connectivity index (χ2v) is 6.98. The Morgan fingerprint density at radius 2 is 1.43 bits per heavy atom. The number of rotatable bonds is 8. The van der Waals surface area contributed by atoms with Crippen LogP contribution < -0.4 is 16.0 Å². The average molecular weight is 411 g/mol. The first-order chi connectivity index (χ1) is 14.3. The maximum atomic E-state index is 12.4. The van der Waals surface area contributed by atoms with Crippen LogP contribution in [0.25, 0.3) is 0 Å². The largest absolute Gasteiger partial charge is 0.454 e. The molecule has 0 saturated carbocycles. The van der Waals surface area contributed by atoms with Gasteiger partial charge in [0.25, 0.3) is 11.8 Å². The van der Waals surface area contributed by atoms with Crippen molar-refractivity contribution < 1.29 is 23.9 Å². The van der Waals surface area contributed by atoms with Crippen molar-refractivity contribution >= 4 is 35.1 Å². The SMILES string of the molecule is CC(=O)Nc1ccc(NC(=O)COC(=O)[C@H](NC(=O)c2ccccc2)C(C)C)cc1. The Balaban J connectivity index is 1.87. The Hall–Kier alpha value is -3.68. The van der Waals surface area contributed by atoms with E-state index in [9.17, 15) is 19.2 Å². The lowest BCUT2D eigenvalue weighted by molar-refractivity contribution is -0.150. The van der Waals surface area contributed by atoms with Crippen molar-refractivity contribution in [2.24, 2.45) is 5.92 Å². The highest BCUT2D eigenvalue weighted by molar-refractivity contribution is 5.97. The van der Waals surface area contributed by atoms with E-state index < -0.39 is 30.4 Å². The molecule has 1 atom stereocenters. The van der Waals surface area contributed by atoms with E-state index in [-0.39, 0.29) is 11.8 Å². The first-order valence-electron chi connectivity index (χ1n) is 9.46. The van der Waals surface area contributed by atoms with Crippen molar-refractivity contribution in [3.63, 3.8) is 0 Å². The topological polar surface area (TPSA) is 114 Å². The molecule has 2 aromatic rings. The molecule has 0 aliphatic rings. The summed E-state index contributed by atoms with van der Waals surface area (Å²) in [6, 6.07) is 14.1. The molecule has 0 fully saturated rings. The molecular weight excluding hydrogens is 386 g/mol. The fourth-order valence-corrected chi connectivity index (χ4v) is 2.58. The lowest BCUT2D eigenvalue weighted by atomic mass is 10.0. The second-order valence-electron chi connectivity index (χ2n) is 6.98. The Morgan fingerprint density at radius 1 is 0.867 bits per heavy atom. The summed E-state index contributed by atoms with van der Waals surface area (Å²) < 4.78 is 5.09. The maximum absolute atomic E-state index is 12.4. The van der Waals surface area contributed by atoms with Crippen LogP contribution in [0.1, 0.15) is 31.1 Å². The number of benzene rings is 2. The van der Waals surface area contributed by atoms with Crippen LogP contribution >= 0.6 is 0 Å². The zero-order valence-corrected chi connectivity index (χ0v) is 17.1. The molecule has 2 aromatic carbocycles. The Kier molecular flexibility index (Phi) is 8.10. The minimum Gasteiger partial charge on any atom is -0.454 e. The second kappa shape index (κ2) is 10.8. The van der Waals surface area contributed by atoms with Gasteiger partial charge in [-0.3, -0.25) is 14.4 Å². The van der Waals surface area contributed by atoms with Gasteiger partial charge in [0.15, 0.2) is 6.61 Å². The quantitative estimate of drug-likeness (QED) is 0.578. The Morgan fingerprint density at radius 3 is 1.97 bits per heavy atom. The zero-order valence-electron chi connectivity index (χ0n) is 17.1. The first-order valence-corrected chi connectivity index (χ1v) is 9.46. The third kappa shape index (κ3) is 7.05. The lowest BCUT2D eigenvalue weighted by Crippen LogP contribution is -2.45. The molecule has 0 radical (unpaired) electrons. The minimum absolute atomic E-state index is 0.197. The Labute approximate surface area is 175 Å². The summed E-state index contributed by atoms with van der Waals surface area (Å²) >= 11 is 0. The van der Waals surface area contributed by atoms with Gasteiger partial charge in [0.1, 0.15) is 6.04 Å². The third-order valence-electron chi connectivity index (χ3n) is 4.08. The van der Waals surface area contributed by atoms with E-state index in [1.165, 1.54) is 6.92 Å². The van der Waals surface area contributed by atoms with Crippen LogP contribution in [0.3, 0.4) is 0 Å². The summed E-state index contributed by atoms with van der Waals surface area (Å²) in [5, 5.41) is 7.86. The number of ether oxygens (including phenoxy) is 1. The number of nitrogens with one attached hydrogen (secondary N) is 3. The Bertz CT molecular complexity index is 895. The zero-order chi connectivity index (χ0) is 22.1. The first kappa shape index (κ1) is 22.6. The smallest absolute Gasteiger partial charge is 0.329 e. The predicted molar refractivity (Wildman–Crippen MR) is 113 cm³/mol.